The van der Waals surface area contributed by atoms with Gasteiger partial charge in [0.1, 0.15) is 6.61 Å². The normalized spacial score (nSPS) is 10.9. The minimum atomic E-state index is 0.461. The first-order valence-corrected chi connectivity index (χ1v) is 8.71. The van der Waals surface area contributed by atoms with E-state index in [-0.39, 0.29) is 0 Å². The summed E-state index contributed by atoms with van der Waals surface area (Å²) in [5, 5.41) is 4.01. The van der Waals surface area contributed by atoms with Gasteiger partial charge in [0.25, 0.3) is 0 Å². The fourth-order valence-corrected chi connectivity index (χ4v) is 2.66. The summed E-state index contributed by atoms with van der Waals surface area (Å²) in [6.07, 6.45) is 1.16. The first kappa shape index (κ1) is 18.6. The van der Waals surface area contributed by atoms with Gasteiger partial charge in [-0.1, -0.05) is 55.8 Å². The van der Waals surface area contributed by atoms with Gasteiger partial charge in [-0.3, -0.25) is 0 Å². The lowest BCUT2D eigenvalue weighted by Gasteiger charge is -2.15. The SMILES string of the molecule is COc1cc(CNCCC(C)C)cc(Cl)c1OCc1ccccc1. The molecule has 0 saturated heterocycles. The zero-order chi connectivity index (χ0) is 17.4. The van der Waals surface area contributed by atoms with E-state index in [4.69, 9.17) is 21.1 Å². The van der Waals surface area contributed by atoms with Gasteiger partial charge in [-0.05, 0) is 42.1 Å². The van der Waals surface area contributed by atoms with E-state index in [9.17, 15) is 0 Å². The molecule has 0 atom stereocenters. The van der Waals surface area contributed by atoms with Crippen LogP contribution in [-0.4, -0.2) is 13.7 Å². The van der Waals surface area contributed by atoms with Gasteiger partial charge < -0.3 is 14.8 Å². The average molecular weight is 348 g/mol. The molecule has 0 spiro atoms. The van der Waals surface area contributed by atoms with Crippen LogP contribution in [0.15, 0.2) is 42.5 Å². The van der Waals surface area contributed by atoms with Gasteiger partial charge in [0.05, 0.1) is 12.1 Å². The minimum Gasteiger partial charge on any atom is -0.493 e. The van der Waals surface area contributed by atoms with Crippen LogP contribution in [0.5, 0.6) is 11.5 Å². The Kier molecular flexibility index (Phi) is 7.41. The number of halogens is 1. The van der Waals surface area contributed by atoms with E-state index in [1.807, 2.05) is 42.5 Å². The number of hydrogen-bond acceptors (Lipinski definition) is 3. The molecule has 0 radical (unpaired) electrons. The number of hydrogen-bond donors (Lipinski definition) is 1. The first-order valence-electron chi connectivity index (χ1n) is 8.34. The molecule has 0 heterocycles. The monoisotopic (exact) mass is 347 g/mol. The topological polar surface area (TPSA) is 30.5 Å². The van der Waals surface area contributed by atoms with Gasteiger partial charge in [-0.25, -0.2) is 0 Å². The van der Waals surface area contributed by atoms with Crippen LogP contribution < -0.4 is 14.8 Å². The molecule has 1 N–H and O–H groups in total. The maximum Gasteiger partial charge on any atom is 0.180 e. The fourth-order valence-electron chi connectivity index (χ4n) is 2.37. The van der Waals surface area contributed by atoms with Gasteiger partial charge in [-0.2, -0.15) is 0 Å². The lowest BCUT2D eigenvalue weighted by Crippen LogP contribution is -2.16. The van der Waals surface area contributed by atoms with Crippen molar-refractivity contribution in [2.24, 2.45) is 5.92 Å². The predicted molar refractivity (Wildman–Crippen MR) is 99.9 cm³/mol. The van der Waals surface area contributed by atoms with Crippen LogP contribution >= 0.6 is 11.6 Å². The zero-order valence-electron chi connectivity index (χ0n) is 14.6. The molecule has 0 amide bonds. The molecule has 0 aliphatic rings. The summed E-state index contributed by atoms with van der Waals surface area (Å²) < 4.78 is 11.3. The molecule has 0 aliphatic carbocycles. The Balaban J connectivity index is 2.01. The highest BCUT2D eigenvalue weighted by atomic mass is 35.5. The molecule has 4 heteroatoms. The Bertz CT molecular complexity index is 629. The van der Waals surface area contributed by atoms with Crippen molar-refractivity contribution in [1.29, 1.82) is 0 Å². The fraction of sp³-hybridized carbons (Fsp3) is 0.400. The third kappa shape index (κ3) is 5.73. The van der Waals surface area contributed by atoms with Crippen molar-refractivity contribution in [1.82, 2.24) is 5.32 Å². The van der Waals surface area contributed by atoms with Crippen LogP contribution in [-0.2, 0) is 13.2 Å². The molecule has 130 valence electrons. The Hall–Kier alpha value is -1.71. The Morgan fingerprint density at radius 1 is 1.08 bits per heavy atom. The van der Waals surface area contributed by atoms with Crippen molar-refractivity contribution in [3.8, 4) is 11.5 Å². The predicted octanol–water partition coefficient (Wildman–Crippen LogP) is 5.06. The second-order valence-corrected chi connectivity index (χ2v) is 6.65. The van der Waals surface area contributed by atoms with Gasteiger partial charge in [0.2, 0.25) is 0 Å². The number of rotatable bonds is 9. The highest BCUT2D eigenvalue weighted by molar-refractivity contribution is 6.32. The third-order valence-electron chi connectivity index (χ3n) is 3.74. The van der Waals surface area contributed by atoms with Gasteiger partial charge in [0, 0.05) is 6.54 Å². The summed E-state index contributed by atoms with van der Waals surface area (Å²) in [6, 6.07) is 13.9. The van der Waals surface area contributed by atoms with Gasteiger partial charge >= 0.3 is 0 Å². The molecular formula is C20H26ClNO2. The summed E-state index contributed by atoms with van der Waals surface area (Å²) >= 11 is 6.41. The summed E-state index contributed by atoms with van der Waals surface area (Å²) in [6.45, 7) is 6.66. The van der Waals surface area contributed by atoms with Crippen molar-refractivity contribution in [2.45, 2.75) is 33.4 Å². The van der Waals surface area contributed by atoms with Crippen LogP contribution in [0.1, 0.15) is 31.4 Å². The van der Waals surface area contributed by atoms with Gasteiger partial charge in [0.15, 0.2) is 11.5 Å². The van der Waals surface area contributed by atoms with Crippen molar-refractivity contribution in [2.75, 3.05) is 13.7 Å². The van der Waals surface area contributed by atoms with Crippen molar-refractivity contribution in [3.05, 3.63) is 58.6 Å². The van der Waals surface area contributed by atoms with Crippen LogP contribution in [0.25, 0.3) is 0 Å². The Morgan fingerprint density at radius 3 is 2.50 bits per heavy atom. The van der Waals surface area contributed by atoms with Crippen molar-refractivity contribution >= 4 is 11.6 Å². The maximum atomic E-state index is 6.41. The molecule has 0 aliphatic heterocycles. The van der Waals surface area contributed by atoms with Crippen LogP contribution in [0.3, 0.4) is 0 Å². The quantitative estimate of drug-likeness (QED) is 0.643. The lowest BCUT2D eigenvalue weighted by molar-refractivity contribution is 0.284. The number of benzene rings is 2. The molecule has 0 fully saturated rings. The van der Waals surface area contributed by atoms with E-state index in [1.54, 1.807) is 7.11 Å². The average Bonchev–Trinajstić information content (AvgIpc) is 2.58. The molecule has 0 aromatic heterocycles. The van der Waals surface area contributed by atoms with Crippen LogP contribution in [0, 0.1) is 5.92 Å². The molecule has 2 rings (SSSR count). The molecule has 0 unspecified atom stereocenters. The number of ether oxygens (including phenoxy) is 2. The molecule has 2 aromatic carbocycles. The standard InChI is InChI=1S/C20H26ClNO2/c1-15(2)9-10-22-13-17-11-18(21)20(19(12-17)23-3)24-14-16-7-5-4-6-8-16/h4-8,11-12,15,22H,9-10,13-14H2,1-3H3. The second kappa shape index (κ2) is 9.55. The minimum absolute atomic E-state index is 0.461. The highest BCUT2D eigenvalue weighted by Crippen LogP contribution is 2.37. The zero-order valence-corrected chi connectivity index (χ0v) is 15.4. The van der Waals surface area contributed by atoms with E-state index in [1.165, 1.54) is 0 Å². The molecule has 0 saturated carbocycles. The second-order valence-electron chi connectivity index (χ2n) is 6.24. The number of methoxy groups -OCH3 is 1. The summed E-state index contributed by atoms with van der Waals surface area (Å²) in [7, 11) is 1.64. The molecule has 24 heavy (non-hydrogen) atoms. The van der Waals surface area contributed by atoms with Crippen LogP contribution in [0.2, 0.25) is 5.02 Å². The summed E-state index contributed by atoms with van der Waals surface area (Å²) in [5.74, 6) is 1.96. The maximum absolute atomic E-state index is 6.41. The summed E-state index contributed by atoms with van der Waals surface area (Å²) in [4.78, 5) is 0. The largest absolute Gasteiger partial charge is 0.493 e. The van der Waals surface area contributed by atoms with Crippen LogP contribution in [0.4, 0.5) is 0 Å². The van der Waals surface area contributed by atoms with E-state index < -0.39 is 0 Å². The molecule has 0 bridgehead atoms. The van der Waals surface area contributed by atoms with Gasteiger partial charge in [-0.15, -0.1) is 0 Å². The third-order valence-corrected chi connectivity index (χ3v) is 4.02. The van der Waals surface area contributed by atoms with E-state index in [2.05, 4.69) is 19.2 Å². The summed E-state index contributed by atoms with van der Waals surface area (Å²) in [5.41, 5.74) is 2.18. The Labute approximate surface area is 149 Å². The lowest BCUT2D eigenvalue weighted by atomic mass is 10.1. The smallest absolute Gasteiger partial charge is 0.180 e. The van der Waals surface area contributed by atoms with E-state index in [0.717, 1.165) is 30.6 Å². The molecule has 2 aromatic rings. The Morgan fingerprint density at radius 2 is 1.83 bits per heavy atom. The van der Waals surface area contributed by atoms with Crippen molar-refractivity contribution in [3.63, 3.8) is 0 Å². The van der Waals surface area contributed by atoms with E-state index >= 15 is 0 Å². The number of nitrogens with one attached hydrogen (secondary N) is 1. The van der Waals surface area contributed by atoms with Crippen molar-refractivity contribution < 1.29 is 9.47 Å². The first-order chi connectivity index (χ1) is 11.6. The highest BCUT2D eigenvalue weighted by Gasteiger charge is 2.12. The molecule has 3 nitrogen and oxygen atoms in total. The van der Waals surface area contributed by atoms with E-state index in [0.29, 0.717) is 29.0 Å². The molecular weight excluding hydrogens is 322 g/mol.